The second-order valence-corrected chi connectivity index (χ2v) is 6.47. The molecule has 0 aliphatic heterocycles. The number of rotatable bonds is 5. The minimum atomic E-state index is -0.488. The molecule has 0 bridgehead atoms. The van der Waals surface area contributed by atoms with Crippen LogP contribution in [0.2, 0.25) is 0 Å². The zero-order valence-corrected chi connectivity index (χ0v) is 15.5. The molecule has 0 atom stereocenters. The molecule has 1 aromatic carbocycles. The molecule has 2 aromatic heterocycles. The van der Waals surface area contributed by atoms with E-state index in [0.717, 1.165) is 15.6 Å². The Morgan fingerprint density at radius 2 is 2.15 bits per heavy atom. The molecule has 0 radical (unpaired) electrons. The minimum absolute atomic E-state index is 0.0413. The molecule has 3 rings (SSSR count). The Morgan fingerprint density at radius 1 is 1.31 bits per heavy atom. The summed E-state index contributed by atoms with van der Waals surface area (Å²) in [6.45, 7) is 2.22. The second kappa shape index (κ2) is 7.89. The van der Waals surface area contributed by atoms with Gasteiger partial charge in [-0.1, -0.05) is 22.0 Å². The third-order valence-electron chi connectivity index (χ3n) is 3.67. The molecule has 0 aliphatic carbocycles. The van der Waals surface area contributed by atoms with Gasteiger partial charge in [-0.05, 0) is 48.9 Å². The lowest BCUT2D eigenvalue weighted by Crippen LogP contribution is -2.23. The van der Waals surface area contributed by atoms with Gasteiger partial charge in [0.2, 0.25) is 0 Å². The smallest absolute Gasteiger partial charge is 0.262 e. The number of hydrogen-bond donors (Lipinski definition) is 1. The van der Waals surface area contributed by atoms with Gasteiger partial charge in [-0.2, -0.15) is 5.26 Å². The van der Waals surface area contributed by atoms with E-state index in [1.54, 1.807) is 24.3 Å². The zero-order valence-electron chi connectivity index (χ0n) is 14.0. The molecule has 5 nitrogen and oxygen atoms in total. The number of benzene rings is 1. The Kier molecular flexibility index (Phi) is 5.40. The molecule has 0 saturated carbocycles. The third-order valence-corrected chi connectivity index (χ3v) is 4.33. The average Bonchev–Trinajstić information content (AvgIpc) is 3.29. The van der Waals surface area contributed by atoms with Gasteiger partial charge < -0.3 is 14.2 Å². The fourth-order valence-corrected chi connectivity index (χ4v) is 3.05. The summed E-state index contributed by atoms with van der Waals surface area (Å²) < 4.78 is 11.8. The fourth-order valence-electron chi connectivity index (χ4n) is 2.36. The number of aryl methyl sites for hydroxylation is 1. The number of furan rings is 2. The van der Waals surface area contributed by atoms with Crippen molar-refractivity contribution in [2.75, 3.05) is 0 Å². The van der Waals surface area contributed by atoms with Crippen molar-refractivity contribution in [3.05, 3.63) is 75.9 Å². The first-order chi connectivity index (χ1) is 12.6. The van der Waals surface area contributed by atoms with Crippen LogP contribution in [0.4, 0.5) is 0 Å². The molecule has 0 saturated heterocycles. The van der Waals surface area contributed by atoms with Crippen molar-refractivity contribution >= 4 is 27.9 Å². The highest BCUT2D eigenvalue weighted by Gasteiger charge is 2.12. The minimum Gasteiger partial charge on any atom is -0.467 e. The molecule has 3 aromatic rings. The van der Waals surface area contributed by atoms with Crippen molar-refractivity contribution in [3.63, 3.8) is 0 Å². The van der Waals surface area contributed by atoms with Crippen LogP contribution >= 0.6 is 15.9 Å². The normalized spacial score (nSPS) is 11.2. The number of hydrogen-bond acceptors (Lipinski definition) is 4. The van der Waals surface area contributed by atoms with E-state index in [4.69, 9.17) is 8.83 Å². The summed E-state index contributed by atoms with van der Waals surface area (Å²) in [6, 6.07) is 14.8. The Labute approximate surface area is 159 Å². The molecular weight excluding hydrogens is 396 g/mol. The highest BCUT2D eigenvalue weighted by molar-refractivity contribution is 9.10. The molecule has 6 heteroatoms. The SMILES string of the molecule is Cc1ccc(-c2ccc(C=C(C#N)C(=O)NCc3ccco3)o2)c(Br)c1. The average molecular weight is 411 g/mol. The largest absolute Gasteiger partial charge is 0.467 e. The molecule has 2 heterocycles. The van der Waals surface area contributed by atoms with E-state index in [1.807, 2.05) is 31.2 Å². The van der Waals surface area contributed by atoms with Crippen LogP contribution in [0.15, 0.2) is 67.6 Å². The Hall–Kier alpha value is -3.04. The van der Waals surface area contributed by atoms with E-state index in [1.165, 1.54) is 12.3 Å². The maximum Gasteiger partial charge on any atom is 0.262 e. The first-order valence-electron chi connectivity index (χ1n) is 7.85. The van der Waals surface area contributed by atoms with Crippen LogP contribution in [0.3, 0.4) is 0 Å². The first kappa shape index (κ1) is 17.8. The van der Waals surface area contributed by atoms with Crippen LogP contribution in [0.1, 0.15) is 17.1 Å². The topological polar surface area (TPSA) is 79.2 Å². The fraction of sp³-hybridized carbons (Fsp3) is 0.100. The van der Waals surface area contributed by atoms with E-state index in [-0.39, 0.29) is 12.1 Å². The van der Waals surface area contributed by atoms with Crippen molar-refractivity contribution in [2.24, 2.45) is 0 Å². The first-order valence-corrected chi connectivity index (χ1v) is 8.65. The van der Waals surface area contributed by atoms with Crippen LogP contribution in [-0.4, -0.2) is 5.91 Å². The van der Waals surface area contributed by atoms with E-state index in [9.17, 15) is 10.1 Å². The summed E-state index contributed by atoms with van der Waals surface area (Å²) in [5.74, 6) is 1.20. The summed E-state index contributed by atoms with van der Waals surface area (Å²) in [7, 11) is 0. The molecule has 1 amide bonds. The Morgan fingerprint density at radius 3 is 2.85 bits per heavy atom. The molecule has 1 N–H and O–H groups in total. The maximum atomic E-state index is 12.1. The van der Waals surface area contributed by atoms with Crippen LogP contribution in [0, 0.1) is 18.3 Å². The highest BCUT2D eigenvalue weighted by Crippen LogP contribution is 2.31. The molecule has 0 fully saturated rings. The van der Waals surface area contributed by atoms with Gasteiger partial charge in [-0.25, -0.2) is 0 Å². The van der Waals surface area contributed by atoms with Gasteiger partial charge in [0.05, 0.1) is 12.8 Å². The van der Waals surface area contributed by atoms with Gasteiger partial charge in [0, 0.05) is 16.1 Å². The summed E-state index contributed by atoms with van der Waals surface area (Å²) in [5, 5.41) is 11.9. The lowest BCUT2D eigenvalue weighted by Gasteiger charge is -2.02. The van der Waals surface area contributed by atoms with Crippen LogP contribution in [0.25, 0.3) is 17.4 Å². The van der Waals surface area contributed by atoms with Gasteiger partial charge in [-0.3, -0.25) is 4.79 Å². The molecule has 0 spiro atoms. The number of carbonyl (C=O) groups excluding carboxylic acids is 1. The monoisotopic (exact) mass is 410 g/mol. The van der Waals surface area contributed by atoms with Crippen LogP contribution in [-0.2, 0) is 11.3 Å². The van der Waals surface area contributed by atoms with Gasteiger partial charge in [0.1, 0.15) is 28.9 Å². The van der Waals surface area contributed by atoms with Gasteiger partial charge in [-0.15, -0.1) is 0 Å². The van der Waals surface area contributed by atoms with Crippen molar-refractivity contribution in [1.29, 1.82) is 5.26 Å². The van der Waals surface area contributed by atoms with Crippen molar-refractivity contribution in [1.82, 2.24) is 5.32 Å². The maximum absolute atomic E-state index is 12.1. The number of amides is 1. The zero-order chi connectivity index (χ0) is 18.5. The molecular formula is C20H15BrN2O3. The second-order valence-electron chi connectivity index (χ2n) is 5.62. The molecule has 0 aliphatic rings. The van der Waals surface area contributed by atoms with Gasteiger partial charge in [0.15, 0.2) is 0 Å². The molecule has 0 unspecified atom stereocenters. The quantitative estimate of drug-likeness (QED) is 0.482. The third kappa shape index (κ3) is 4.13. The number of nitriles is 1. The number of halogens is 1. The van der Waals surface area contributed by atoms with E-state index in [2.05, 4.69) is 21.2 Å². The molecule has 26 heavy (non-hydrogen) atoms. The predicted molar refractivity (Wildman–Crippen MR) is 101 cm³/mol. The van der Waals surface area contributed by atoms with Crippen molar-refractivity contribution in [3.8, 4) is 17.4 Å². The van der Waals surface area contributed by atoms with E-state index in [0.29, 0.717) is 17.3 Å². The lowest BCUT2D eigenvalue weighted by atomic mass is 10.1. The number of nitrogens with one attached hydrogen (secondary N) is 1. The van der Waals surface area contributed by atoms with E-state index >= 15 is 0 Å². The predicted octanol–water partition coefficient (Wildman–Crippen LogP) is 4.83. The number of nitrogens with zero attached hydrogens (tertiary/aromatic N) is 1. The lowest BCUT2D eigenvalue weighted by molar-refractivity contribution is -0.117. The summed E-state index contributed by atoms with van der Waals surface area (Å²) in [6.07, 6.45) is 2.94. The standard InChI is InChI=1S/C20H15BrN2O3/c1-13-4-6-17(18(21)9-13)19-7-5-15(26-19)10-14(11-22)20(24)23-12-16-3-2-8-25-16/h2-10H,12H2,1H3,(H,23,24). The van der Waals surface area contributed by atoms with Crippen molar-refractivity contribution < 1.29 is 13.6 Å². The number of carbonyl (C=O) groups is 1. The summed E-state index contributed by atoms with van der Waals surface area (Å²) in [4.78, 5) is 12.1. The Bertz CT molecular complexity index is 994. The molecule has 130 valence electrons. The summed E-state index contributed by atoms with van der Waals surface area (Å²) in [5.41, 5.74) is 1.99. The Balaban J connectivity index is 1.76. The van der Waals surface area contributed by atoms with Gasteiger partial charge >= 0.3 is 0 Å². The van der Waals surface area contributed by atoms with Crippen molar-refractivity contribution in [2.45, 2.75) is 13.5 Å². The van der Waals surface area contributed by atoms with E-state index < -0.39 is 5.91 Å². The van der Waals surface area contributed by atoms with Crippen LogP contribution < -0.4 is 5.32 Å². The summed E-state index contributed by atoms with van der Waals surface area (Å²) >= 11 is 3.52. The van der Waals surface area contributed by atoms with Crippen LogP contribution in [0.5, 0.6) is 0 Å². The van der Waals surface area contributed by atoms with Gasteiger partial charge in [0.25, 0.3) is 5.91 Å². The highest BCUT2D eigenvalue weighted by atomic mass is 79.9.